The van der Waals surface area contributed by atoms with Crippen LogP contribution in [-0.4, -0.2) is 16.8 Å². The third-order valence-electron chi connectivity index (χ3n) is 3.32. The fraction of sp³-hybridized carbons (Fsp3) is 0.267. The van der Waals surface area contributed by atoms with Crippen molar-refractivity contribution in [3.63, 3.8) is 0 Å². The zero-order valence-corrected chi connectivity index (χ0v) is 11.5. The van der Waals surface area contributed by atoms with Gasteiger partial charge in [-0.05, 0) is 36.4 Å². The highest BCUT2D eigenvalue weighted by Crippen LogP contribution is 2.31. The number of rotatable bonds is 4. The van der Waals surface area contributed by atoms with Crippen LogP contribution in [-0.2, 0) is 6.54 Å². The predicted octanol–water partition coefficient (Wildman–Crippen LogP) is 3.83. The van der Waals surface area contributed by atoms with Gasteiger partial charge < -0.3 is 4.90 Å². The van der Waals surface area contributed by atoms with E-state index in [4.69, 9.17) is 0 Å². The number of benzene rings is 1. The number of carbonyl (C=O) groups excluding carboxylic acids is 1. The molecule has 20 heavy (non-hydrogen) atoms. The fourth-order valence-electron chi connectivity index (χ4n) is 2.14. The first-order chi connectivity index (χ1) is 9.65. The van der Waals surface area contributed by atoms with Gasteiger partial charge in [0.15, 0.2) is 0 Å². The number of halogens is 2. The van der Waals surface area contributed by atoms with Crippen molar-refractivity contribution in [2.24, 2.45) is 0 Å². The van der Waals surface area contributed by atoms with E-state index in [0.29, 0.717) is 6.54 Å². The highest BCUT2D eigenvalue weighted by Gasteiger charge is 2.34. The van der Waals surface area contributed by atoms with Gasteiger partial charge in [0.2, 0.25) is 0 Å². The van der Waals surface area contributed by atoms with Crippen molar-refractivity contribution in [3.8, 4) is 0 Å². The lowest BCUT2D eigenvalue weighted by molar-refractivity contribution is 0.0727. The Balaban J connectivity index is 1.85. The van der Waals surface area contributed by atoms with E-state index in [0.717, 1.165) is 29.9 Å². The second-order valence-electron chi connectivity index (χ2n) is 4.87. The van der Waals surface area contributed by atoms with Crippen LogP contribution in [0.4, 0.5) is 8.78 Å². The van der Waals surface area contributed by atoms with Crippen LogP contribution in [0.15, 0.2) is 35.7 Å². The van der Waals surface area contributed by atoms with Crippen molar-refractivity contribution in [3.05, 3.63) is 57.8 Å². The maximum Gasteiger partial charge on any atom is 0.257 e. The van der Waals surface area contributed by atoms with Crippen LogP contribution in [0.1, 0.15) is 28.1 Å². The summed E-state index contributed by atoms with van der Waals surface area (Å²) in [5.74, 6) is -1.83. The molecular weight excluding hydrogens is 280 g/mol. The van der Waals surface area contributed by atoms with Crippen LogP contribution in [0.2, 0.25) is 0 Å². The number of amides is 1. The molecule has 0 aliphatic heterocycles. The van der Waals surface area contributed by atoms with E-state index in [1.165, 1.54) is 6.07 Å². The zero-order valence-electron chi connectivity index (χ0n) is 10.7. The SMILES string of the molecule is O=C(c1ccc(F)cc1F)N(Cc1cccs1)C1CC1. The Bertz CT molecular complexity index is 623. The van der Waals surface area contributed by atoms with Gasteiger partial charge in [0.05, 0.1) is 12.1 Å². The molecule has 1 aromatic carbocycles. The number of thiophene rings is 1. The molecule has 0 bridgehead atoms. The molecule has 2 nitrogen and oxygen atoms in total. The summed E-state index contributed by atoms with van der Waals surface area (Å²) in [6, 6.07) is 7.14. The van der Waals surface area contributed by atoms with E-state index in [1.807, 2.05) is 17.5 Å². The average molecular weight is 293 g/mol. The van der Waals surface area contributed by atoms with Gasteiger partial charge in [-0.1, -0.05) is 6.07 Å². The zero-order chi connectivity index (χ0) is 14.1. The van der Waals surface area contributed by atoms with Gasteiger partial charge in [-0.2, -0.15) is 0 Å². The Morgan fingerprint density at radius 3 is 2.70 bits per heavy atom. The molecule has 1 heterocycles. The molecule has 1 saturated carbocycles. The van der Waals surface area contributed by atoms with Crippen molar-refractivity contribution in [2.45, 2.75) is 25.4 Å². The fourth-order valence-corrected chi connectivity index (χ4v) is 2.84. The molecule has 0 unspecified atom stereocenters. The summed E-state index contributed by atoms with van der Waals surface area (Å²) in [5.41, 5.74) is -0.0603. The van der Waals surface area contributed by atoms with Gasteiger partial charge in [0, 0.05) is 17.0 Å². The maximum atomic E-state index is 13.7. The summed E-state index contributed by atoms with van der Waals surface area (Å²) in [6.07, 6.45) is 1.89. The van der Waals surface area contributed by atoms with Gasteiger partial charge in [0.25, 0.3) is 5.91 Å². The maximum absolute atomic E-state index is 13.7. The van der Waals surface area contributed by atoms with Gasteiger partial charge >= 0.3 is 0 Å². The Morgan fingerprint density at radius 2 is 2.10 bits per heavy atom. The first-order valence-electron chi connectivity index (χ1n) is 6.43. The lowest BCUT2D eigenvalue weighted by Crippen LogP contribution is -2.33. The van der Waals surface area contributed by atoms with Crippen molar-refractivity contribution in [1.82, 2.24) is 4.90 Å². The first-order valence-corrected chi connectivity index (χ1v) is 7.31. The molecule has 104 valence electrons. The Morgan fingerprint density at radius 1 is 1.30 bits per heavy atom. The number of nitrogens with zero attached hydrogens (tertiary/aromatic N) is 1. The predicted molar refractivity (Wildman–Crippen MR) is 73.6 cm³/mol. The van der Waals surface area contributed by atoms with Crippen LogP contribution in [0.3, 0.4) is 0 Å². The van der Waals surface area contributed by atoms with E-state index in [1.54, 1.807) is 16.2 Å². The topological polar surface area (TPSA) is 20.3 Å². The van der Waals surface area contributed by atoms with Crippen molar-refractivity contribution in [2.75, 3.05) is 0 Å². The monoisotopic (exact) mass is 293 g/mol. The molecule has 1 aliphatic carbocycles. The number of hydrogen-bond acceptors (Lipinski definition) is 2. The van der Waals surface area contributed by atoms with Crippen LogP contribution in [0, 0.1) is 11.6 Å². The standard InChI is InChI=1S/C15H13F2NOS/c16-10-3-6-13(14(17)8-10)15(19)18(11-4-5-11)9-12-2-1-7-20-12/h1-3,6-8,11H,4-5,9H2. The molecule has 5 heteroatoms. The Kier molecular flexibility index (Phi) is 3.53. The minimum atomic E-state index is -0.799. The van der Waals surface area contributed by atoms with Crippen molar-refractivity contribution >= 4 is 17.2 Å². The Hall–Kier alpha value is -1.75. The largest absolute Gasteiger partial charge is 0.330 e. The smallest absolute Gasteiger partial charge is 0.257 e. The van der Waals surface area contributed by atoms with Crippen molar-refractivity contribution < 1.29 is 13.6 Å². The minimum Gasteiger partial charge on any atom is -0.330 e. The first kappa shape index (κ1) is 13.2. The summed E-state index contributed by atoms with van der Waals surface area (Å²) < 4.78 is 26.7. The molecule has 0 N–H and O–H groups in total. The summed E-state index contributed by atoms with van der Waals surface area (Å²) in [4.78, 5) is 15.2. The second-order valence-corrected chi connectivity index (χ2v) is 5.90. The highest BCUT2D eigenvalue weighted by molar-refractivity contribution is 7.09. The van der Waals surface area contributed by atoms with E-state index in [2.05, 4.69) is 0 Å². The lowest BCUT2D eigenvalue weighted by Gasteiger charge is -2.22. The number of hydrogen-bond donors (Lipinski definition) is 0. The summed E-state index contributed by atoms with van der Waals surface area (Å²) in [5, 5.41) is 1.95. The van der Waals surface area contributed by atoms with Gasteiger partial charge in [-0.3, -0.25) is 4.79 Å². The quantitative estimate of drug-likeness (QED) is 0.839. The average Bonchev–Trinajstić information content (AvgIpc) is 3.12. The second kappa shape index (κ2) is 5.32. The highest BCUT2D eigenvalue weighted by atomic mass is 32.1. The van der Waals surface area contributed by atoms with E-state index in [9.17, 15) is 13.6 Å². The lowest BCUT2D eigenvalue weighted by atomic mass is 10.1. The normalized spacial score (nSPS) is 14.3. The van der Waals surface area contributed by atoms with Crippen LogP contribution in [0.25, 0.3) is 0 Å². The minimum absolute atomic E-state index is 0.0603. The summed E-state index contributed by atoms with van der Waals surface area (Å²) >= 11 is 1.57. The van der Waals surface area contributed by atoms with Gasteiger partial charge in [0.1, 0.15) is 11.6 Å². The molecule has 1 amide bonds. The van der Waals surface area contributed by atoms with Crippen LogP contribution in [0.5, 0.6) is 0 Å². The number of carbonyl (C=O) groups is 1. The third-order valence-corrected chi connectivity index (χ3v) is 4.18. The Labute approximate surface area is 119 Å². The van der Waals surface area contributed by atoms with E-state index in [-0.39, 0.29) is 17.5 Å². The third kappa shape index (κ3) is 2.72. The molecule has 0 radical (unpaired) electrons. The van der Waals surface area contributed by atoms with Crippen molar-refractivity contribution in [1.29, 1.82) is 0 Å². The van der Waals surface area contributed by atoms with E-state index >= 15 is 0 Å². The molecule has 1 aliphatic rings. The summed E-state index contributed by atoms with van der Waals surface area (Å²) in [7, 11) is 0. The molecule has 0 saturated heterocycles. The molecule has 0 atom stereocenters. The molecule has 0 spiro atoms. The van der Waals surface area contributed by atoms with Gasteiger partial charge in [-0.15, -0.1) is 11.3 Å². The van der Waals surface area contributed by atoms with Crippen LogP contribution < -0.4 is 0 Å². The molecule has 1 fully saturated rings. The molecule has 3 rings (SSSR count). The van der Waals surface area contributed by atoms with E-state index < -0.39 is 11.6 Å². The summed E-state index contributed by atoms with van der Waals surface area (Å²) in [6.45, 7) is 0.484. The molecule has 1 aromatic heterocycles. The molecule has 2 aromatic rings. The molecular formula is C15H13F2NOS. The van der Waals surface area contributed by atoms with Crippen LogP contribution >= 0.6 is 11.3 Å². The van der Waals surface area contributed by atoms with Gasteiger partial charge in [-0.25, -0.2) is 8.78 Å².